The standard InChI is InChI=1S/C18H16N2O3/c1-11-8-12-4-2-6-14-16(12)20(11)10-15(17(14)21)18(22)19-9-13-5-3-7-23-13/h2-7,10-11H,8-9H2,1H3,(H,19,22)/t11-/m0/s1. The third-order valence-corrected chi connectivity index (χ3v) is 4.37. The molecule has 23 heavy (non-hydrogen) atoms. The number of pyridine rings is 1. The molecule has 5 heteroatoms. The molecular weight excluding hydrogens is 292 g/mol. The fraction of sp³-hybridized carbons (Fsp3) is 0.222. The lowest BCUT2D eigenvalue weighted by Gasteiger charge is -2.12. The van der Waals surface area contributed by atoms with Crippen molar-refractivity contribution >= 4 is 16.8 Å². The first-order valence-corrected chi connectivity index (χ1v) is 7.62. The number of benzene rings is 1. The zero-order valence-electron chi connectivity index (χ0n) is 12.7. The van der Waals surface area contributed by atoms with E-state index in [9.17, 15) is 9.59 Å². The Bertz CT molecular complexity index is 954. The monoisotopic (exact) mass is 308 g/mol. The maximum atomic E-state index is 12.7. The van der Waals surface area contributed by atoms with Crippen LogP contribution in [0.2, 0.25) is 0 Å². The van der Waals surface area contributed by atoms with Crippen LogP contribution in [0.4, 0.5) is 0 Å². The van der Waals surface area contributed by atoms with E-state index >= 15 is 0 Å². The summed E-state index contributed by atoms with van der Waals surface area (Å²) >= 11 is 0. The van der Waals surface area contributed by atoms with Crippen molar-refractivity contribution < 1.29 is 9.21 Å². The highest BCUT2D eigenvalue weighted by molar-refractivity contribution is 5.98. The fourth-order valence-electron chi connectivity index (χ4n) is 3.25. The Morgan fingerprint density at radius 2 is 2.22 bits per heavy atom. The summed E-state index contributed by atoms with van der Waals surface area (Å²) < 4.78 is 7.23. The molecule has 116 valence electrons. The lowest BCUT2D eigenvalue weighted by molar-refractivity contribution is 0.0946. The number of carbonyl (C=O) groups excluding carboxylic acids is 1. The Hall–Kier alpha value is -2.82. The fourth-order valence-corrected chi connectivity index (χ4v) is 3.25. The minimum absolute atomic E-state index is 0.176. The molecule has 1 atom stereocenters. The van der Waals surface area contributed by atoms with Crippen molar-refractivity contribution in [2.24, 2.45) is 0 Å². The Balaban J connectivity index is 1.75. The molecule has 0 saturated carbocycles. The lowest BCUT2D eigenvalue weighted by atomic mass is 10.1. The first kappa shape index (κ1) is 13.8. The van der Waals surface area contributed by atoms with Crippen LogP contribution in [0.15, 0.2) is 52.0 Å². The SMILES string of the molecule is C[C@H]1Cc2cccc3c(=O)c(C(=O)NCc4ccco4)cn1c23. The number of amides is 1. The second kappa shape index (κ2) is 5.12. The number of para-hydroxylation sites is 1. The van der Waals surface area contributed by atoms with Crippen molar-refractivity contribution in [3.63, 3.8) is 0 Å². The molecule has 2 aromatic heterocycles. The third kappa shape index (κ3) is 2.16. The van der Waals surface area contributed by atoms with Gasteiger partial charge >= 0.3 is 0 Å². The van der Waals surface area contributed by atoms with Crippen LogP contribution in [-0.2, 0) is 13.0 Å². The Morgan fingerprint density at radius 3 is 3.00 bits per heavy atom. The maximum absolute atomic E-state index is 12.7. The highest BCUT2D eigenvalue weighted by atomic mass is 16.3. The van der Waals surface area contributed by atoms with Gasteiger partial charge in [-0.15, -0.1) is 0 Å². The summed E-state index contributed by atoms with van der Waals surface area (Å²) in [7, 11) is 0. The molecule has 1 aliphatic rings. The van der Waals surface area contributed by atoms with E-state index in [1.54, 1.807) is 30.7 Å². The second-order valence-corrected chi connectivity index (χ2v) is 5.91. The number of aromatic nitrogens is 1. The number of furan rings is 1. The Morgan fingerprint density at radius 1 is 1.35 bits per heavy atom. The van der Waals surface area contributed by atoms with Crippen molar-refractivity contribution in [2.45, 2.75) is 25.9 Å². The van der Waals surface area contributed by atoms with Crippen LogP contribution in [0.3, 0.4) is 0 Å². The third-order valence-electron chi connectivity index (χ3n) is 4.37. The van der Waals surface area contributed by atoms with Crippen molar-refractivity contribution in [3.8, 4) is 0 Å². The van der Waals surface area contributed by atoms with Gasteiger partial charge in [0.1, 0.15) is 11.3 Å². The number of nitrogens with one attached hydrogen (secondary N) is 1. The van der Waals surface area contributed by atoms with Gasteiger partial charge in [-0.1, -0.05) is 12.1 Å². The smallest absolute Gasteiger partial charge is 0.257 e. The average Bonchev–Trinajstić information content (AvgIpc) is 3.17. The molecule has 5 nitrogen and oxygen atoms in total. The van der Waals surface area contributed by atoms with Crippen molar-refractivity contribution in [1.82, 2.24) is 9.88 Å². The van der Waals surface area contributed by atoms with E-state index in [1.165, 1.54) is 0 Å². The van der Waals surface area contributed by atoms with Gasteiger partial charge in [-0.3, -0.25) is 9.59 Å². The molecule has 3 heterocycles. The topological polar surface area (TPSA) is 64.2 Å². The van der Waals surface area contributed by atoms with E-state index in [1.807, 2.05) is 16.7 Å². The first-order valence-electron chi connectivity index (χ1n) is 7.62. The molecule has 1 aromatic carbocycles. The van der Waals surface area contributed by atoms with Crippen LogP contribution >= 0.6 is 0 Å². The highest BCUT2D eigenvalue weighted by Crippen LogP contribution is 2.30. The molecule has 0 bridgehead atoms. The van der Waals surface area contributed by atoms with Gasteiger partial charge in [-0.2, -0.15) is 0 Å². The van der Waals surface area contributed by atoms with Crippen LogP contribution in [0.5, 0.6) is 0 Å². The predicted octanol–water partition coefficient (Wildman–Crippen LogP) is 2.64. The highest BCUT2D eigenvalue weighted by Gasteiger charge is 2.24. The molecule has 4 rings (SSSR count). The molecule has 1 N–H and O–H groups in total. The van der Waals surface area contributed by atoms with E-state index in [-0.39, 0.29) is 29.5 Å². The summed E-state index contributed by atoms with van der Waals surface area (Å²) in [6, 6.07) is 9.49. The quantitative estimate of drug-likeness (QED) is 0.809. The Kier molecular flexibility index (Phi) is 3.08. The van der Waals surface area contributed by atoms with Gasteiger partial charge in [-0.25, -0.2) is 0 Å². The molecule has 0 saturated heterocycles. The number of nitrogens with zero attached hydrogens (tertiary/aromatic N) is 1. The summed E-state index contributed by atoms with van der Waals surface area (Å²) in [5, 5.41) is 3.35. The van der Waals surface area contributed by atoms with Gasteiger partial charge in [0.2, 0.25) is 5.43 Å². The van der Waals surface area contributed by atoms with Gasteiger partial charge in [0.05, 0.1) is 18.3 Å². The number of rotatable bonds is 3. The minimum atomic E-state index is -0.374. The number of carbonyl (C=O) groups is 1. The van der Waals surface area contributed by atoms with E-state index in [0.717, 1.165) is 17.5 Å². The molecule has 0 aliphatic carbocycles. The van der Waals surface area contributed by atoms with Crippen LogP contribution in [0, 0.1) is 0 Å². The van der Waals surface area contributed by atoms with Crippen molar-refractivity contribution in [3.05, 3.63) is 69.9 Å². The molecule has 0 unspecified atom stereocenters. The summed E-state index contributed by atoms with van der Waals surface area (Å²) in [4.78, 5) is 25.1. The normalized spacial score (nSPS) is 16.0. The number of hydrogen-bond donors (Lipinski definition) is 1. The predicted molar refractivity (Wildman–Crippen MR) is 86.5 cm³/mol. The zero-order valence-corrected chi connectivity index (χ0v) is 12.7. The van der Waals surface area contributed by atoms with Crippen LogP contribution in [0.1, 0.15) is 34.6 Å². The maximum Gasteiger partial charge on any atom is 0.257 e. The summed E-state index contributed by atoms with van der Waals surface area (Å²) in [5.74, 6) is 0.279. The van der Waals surface area contributed by atoms with E-state index < -0.39 is 0 Å². The Labute approximate surface area is 132 Å². The second-order valence-electron chi connectivity index (χ2n) is 5.91. The average molecular weight is 308 g/mol. The molecule has 1 aliphatic heterocycles. The largest absolute Gasteiger partial charge is 0.467 e. The van der Waals surface area contributed by atoms with Crippen LogP contribution in [-0.4, -0.2) is 10.5 Å². The number of hydrogen-bond acceptors (Lipinski definition) is 3. The van der Waals surface area contributed by atoms with Gasteiger partial charge in [0.15, 0.2) is 0 Å². The van der Waals surface area contributed by atoms with Crippen molar-refractivity contribution in [1.29, 1.82) is 0 Å². The zero-order chi connectivity index (χ0) is 16.0. The molecule has 0 fully saturated rings. The lowest BCUT2D eigenvalue weighted by Crippen LogP contribution is -2.29. The summed E-state index contributed by atoms with van der Waals surface area (Å²) in [5.41, 5.74) is 2.07. The van der Waals surface area contributed by atoms with Crippen LogP contribution < -0.4 is 10.7 Å². The molecule has 1 amide bonds. The summed E-state index contributed by atoms with van der Waals surface area (Å²) in [6.45, 7) is 2.35. The van der Waals surface area contributed by atoms with Gasteiger partial charge < -0.3 is 14.3 Å². The molecule has 0 radical (unpaired) electrons. The van der Waals surface area contributed by atoms with E-state index in [2.05, 4.69) is 12.2 Å². The first-order chi connectivity index (χ1) is 11.1. The molecule has 3 aromatic rings. The molecule has 0 spiro atoms. The van der Waals surface area contributed by atoms with E-state index in [4.69, 9.17) is 4.42 Å². The molecular formula is C18H16N2O3. The van der Waals surface area contributed by atoms with Gasteiger partial charge in [0, 0.05) is 17.6 Å². The van der Waals surface area contributed by atoms with Crippen LogP contribution in [0.25, 0.3) is 10.9 Å². The van der Waals surface area contributed by atoms with Crippen molar-refractivity contribution in [2.75, 3.05) is 0 Å². The van der Waals surface area contributed by atoms with Gasteiger partial charge in [-0.05, 0) is 37.1 Å². The summed E-state index contributed by atoms with van der Waals surface area (Å²) in [6.07, 6.45) is 4.12. The minimum Gasteiger partial charge on any atom is -0.467 e. The van der Waals surface area contributed by atoms with E-state index in [0.29, 0.717) is 11.1 Å². The van der Waals surface area contributed by atoms with Gasteiger partial charge in [0.25, 0.3) is 5.91 Å².